The van der Waals surface area contributed by atoms with Crippen LogP contribution in [0.4, 0.5) is 13.2 Å². The number of hydrogen-bond donors (Lipinski definition) is 3. The minimum atomic E-state index is -5.04. The molecule has 11 nitrogen and oxygen atoms in total. The number of fused-ring (bicyclic) bond motifs is 1. The Labute approximate surface area is 219 Å². The van der Waals surface area contributed by atoms with E-state index in [1.54, 1.807) is 12.1 Å². The molecule has 1 heterocycles. The molecule has 3 rings (SSSR count). The quantitative estimate of drug-likeness (QED) is 0.257. The van der Waals surface area contributed by atoms with Crippen LogP contribution in [-0.4, -0.2) is 41.0 Å². The van der Waals surface area contributed by atoms with Gasteiger partial charge in [0.25, 0.3) is 10.0 Å². The lowest BCUT2D eigenvalue weighted by atomic mass is 10.1. The van der Waals surface area contributed by atoms with E-state index in [9.17, 15) is 31.0 Å². The van der Waals surface area contributed by atoms with Crippen molar-refractivity contribution in [3.8, 4) is 23.3 Å². The molecule has 7 N–H and O–H groups in total. The molecule has 0 amide bonds. The molecule has 1 atom stereocenters. The van der Waals surface area contributed by atoms with Gasteiger partial charge in [-0.1, -0.05) is 0 Å². The Hall–Kier alpha value is -2.90. The fraction of sp³-hybridized carbons (Fsp3) is 0.286. The number of thiophene rings is 1. The van der Waals surface area contributed by atoms with Crippen LogP contribution < -0.4 is 35.1 Å². The average Bonchev–Trinajstić information content (AvgIpc) is 3.28. The Balaban J connectivity index is 1.80. The van der Waals surface area contributed by atoms with Crippen molar-refractivity contribution in [1.82, 2.24) is 4.72 Å². The lowest BCUT2D eigenvalue weighted by molar-refractivity contribution is -0.372. The molecule has 2 aromatic carbocycles. The van der Waals surface area contributed by atoms with Gasteiger partial charge in [0.1, 0.15) is 36.3 Å². The predicted octanol–water partition coefficient (Wildman–Crippen LogP) is 0.901. The summed E-state index contributed by atoms with van der Waals surface area (Å²) in [6, 6.07) is 7.83. The molecule has 0 saturated carbocycles. The number of rotatable bonds is 12. The highest BCUT2D eigenvalue weighted by molar-refractivity contribution is 7.92. The number of benzene rings is 2. The SMILES string of the molecule is N#Cc1ccc(OP(=O)([O-])CNS(=O)(=O)c2cc3cc(OCC[NH3+])c(OCC[NH3+])cc3s2)cc1C(F)(F)F. The van der Waals surface area contributed by atoms with Crippen LogP contribution >= 0.6 is 18.9 Å². The van der Waals surface area contributed by atoms with E-state index in [2.05, 4.69) is 16.0 Å². The second kappa shape index (κ2) is 11.9. The number of nitrogens with zero attached hydrogens (tertiary/aromatic N) is 1. The molecule has 3 aromatic rings. The molecule has 0 saturated heterocycles. The Morgan fingerprint density at radius 2 is 1.71 bits per heavy atom. The monoisotopic (exact) mass is 595 g/mol. The number of hydrogen-bond acceptors (Lipinski definition) is 9. The predicted molar refractivity (Wildman–Crippen MR) is 128 cm³/mol. The summed E-state index contributed by atoms with van der Waals surface area (Å²) in [5.74, 6) is 0.0363. The number of sulfonamides is 1. The number of halogens is 3. The highest BCUT2D eigenvalue weighted by Gasteiger charge is 2.34. The third-order valence-corrected chi connectivity index (χ3v) is 8.96. The maximum absolute atomic E-state index is 13.1. The molecular formula is C21H23F3N4O7PS2+. The first-order chi connectivity index (χ1) is 17.8. The molecule has 38 heavy (non-hydrogen) atoms. The van der Waals surface area contributed by atoms with Gasteiger partial charge in [0.2, 0.25) is 0 Å². The van der Waals surface area contributed by atoms with Crippen LogP contribution in [0.15, 0.2) is 40.6 Å². The van der Waals surface area contributed by atoms with Gasteiger partial charge >= 0.3 is 6.18 Å². The van der Waals surface area contributed by atoms with Gasteiger partial charge in [-0.25, -0.2) is 13.1 Å². The van der Waals surface area contributed by atoms with Crippen LogP contribution in [0.3, 0.4) is 0 Å². The van der Waals surface area contributed by atoms with Gasteiger partial charge in [0, 0.05) is 10.8 Å². The molecule has 1 aromatic heterocycles. The van der Waals surface area contributed by atoms with Gasteiger partial charge in [-0.05, 0) is 35.7 Å². The van der Waals surface area contributed by atoms with E-state index in [-0.39, 0.29) is 4.21 Å². The van der Waals surface area contributed by atoms with Gasteiger partial charge < -0.3 is 30.4 Å². The Morgan fingerprint density at radius 3 is 2.29 bits per heavy atom. The summed E-state index contributed by atoms with van der Waals surface area (Å²) in [5.41, 5.74) is 5.28. The van der Waals surface area contributed by atoms with Crippen molar-refractivity contribution in [2.75, 3.05) is 32.6 Å². The largest absolute Gasteiger partial charge is 0.768 e. The second-order valence-corrected chi connectivity index (χ2v) is 12.4. The number of alkyl halides is 3. The van der Waals surface area contributed by atoms with Gasteiger partial charge in [-0.3, -0.25) is 4.57 Å². The summed E-state index contributed by atoms with van der Waals surface area (Å²) in [6.07, 6.45) is -6.17. The first-order valence-electron chi connectivity index (χ1n) is 10.8. The Bertz CT molecular complexity index is 1460. The number of nitriles is 1. The zero-order valence-corrected chi connectivity index (χ0v) is 22.1. The summed E-state index contributed by atoms with van der Waals surface area (Å²) in [6.45, 7) is 1.56. The van der Waals surface area contributed by atoms with Crippen molar-refractivity contribution in [3.63, 3.8) is 0 Å². The van der Waals surface area contributed by atoms with Gasteiger partial charge in [-0.15, -0.1) is 11.3 Å². The summed E-state index contributed by atoms with van der Waals surface area (Å²) < 4.78 is 95.5. The number of nitrogens with one attached hydrogen (secondary N) is 1. The average molecular weight is 596 g/mol. The van der Waals surface area contributed by atoms with Crippen molar-refractivity contribution in [2.45, 2.75) is 10.4 Å². The molecule has 0 radical (unpaired) electrons. The summed E-state index contributed by atoms with van der Waals surface area (Å²) in [4.78, 5) is 12.3. The molecule has 0 aliphatic carbocycles. The molecule has 206 valence electrons. The fourth-order valence-electron chi connectivity index (χ4n) is 3.09. The van der Waals surface area contributed by atoms with Gasteiger partial charge in [-0.2, -0.15) is 18.4 Å². The van der Waals surface area contributed by atoms with Crippen molar-refractivity contribution >= 4 is 39.0 Å². The second-order valence-electron chi connectivity index (χ2n) is 7.63. The third kappa shape index (κ3) is 7.35. The van der Waals surface area contributed by atoms with Crippen molar-refractivity contribution < 1.29 is 56.5 Å². The molecule has 17 heteroatoms. The highest BCUT2D eigenvalue weighted by Crippen LogP contribution is 2.42. The minimum absolute atomic E-state index is 0.220. The van der Waals surface area contributed by atoms with E-state index >= 15 is 0 Å². The fourth-order valence-corrected chi connectivity index (χ4v) is 7.01. The molecule has 0 spiro atoms. The van der Waals surface area contributed by atoms with E-state index in [1.807, 2.05) is 4.72 Å². The maximum atomic E-state index is 13.1. The van der Waals surface area contributed by atoms with E-state index in [0.29, 0.717) is 54.0 Å². The molecule has 0 fully saturated rings. The van der Waals surface area contributed by atoms with Crippen LogP contribution in [0.1, 0.15) is 11.1 Å². The molecule has 1 unspecified atom stereocenters. The zero-order valence-electron chi connectivity index (χ0n) is 19.6. The Kier molecular flexibility index (Phi) is 9.26. The van der Waals surface area contributed by atoms with E-state index in [1.165, 1.54) is 12.1 Å². The van der Waals surface area contributed by atoms with Crippen molar-refractivity contribution in [2.24, 2.45) is 0 Å². The number of quaternary nitrogens is 2. The maximum Gasteiger partial charge on any atom is 0.417 e. The van der Waals surface area contributed by atoms with Crippen molar-refractivity contribution in [1.29, 1.82) is 5.26 Å². The van der Waals surface area contributed by atoms with E-state index in [4.69, 9.17) is 14.7 Å². The molecule has 0 aliphatic rings. The number of ether oxygens (including phenoxy) is 2. The van der Waals surface area contributed by atoms with Gasteiger partial charge in [0.05, 0.1) is 23.5 Å². The summed E-state index contributed by atoms with van der Waals surface area (Å²) >= 11 is 0.846. The van der Waals surface area contributed by atoms with Crippen LogP contribution in [0.5, 0.6) is 17.2 Å². The minimum Gasteiger partial charge on any atom is -0.768 e. The molecule has 0 aliphatic heterocycles. The van der Waals surface area contributed by atoms with Crippen LogP contribution in [0, 0.1) is 11.3 Å². The lowest BCUT2D eigenvalue weighted by Gasteiger charge is -2.24. The molecule has 0 bridgehead atoms. The standard InChI is InChI=1S/C21H22F3N4O7PS2/c22-21(23,24)16-9-15(2-1-13(16)11-27)35-36(29,30)12-28-38(31,32)20-8-14-7-17(33-5-3-25)18(34-6-4-26)10-19(14)37-20/h1-2,7-10,28H,3-6,12,25-26H2,(H,29,30)/p+1. The smallest absolute Gasteiger partial charge is 0.417 e. The highest BCUT2D eigenvalue weighted by atomic mass is 32.2. The lowest BCUT2D eigenvalue weighted by Crippen LogP contribution is -2.53. The first kappa shape index (κ1) is 29.7. The van der Waals surface area contributed by atoms with Crippen LogP contribution in [0.25, 0.3) is 10.1 Å². The van der Waals surface area contributed by atoms with Gasteiger partial charge in [0.15, 0.2) is 19.1 Å². The normalized spacial score (nSPS) is 13.6. The summed E-state index contributed by atoms with van der Waals surface area (Å²) in [5, 5.41) is 9.34. The summed E-state index contributed by atoms with van der Waals surface area (Å²) in [7, 11) is -9.40. The van der Waals surface area contributed by atoms with Crippen LogP contribution in [-0.2, 0) is 20.8 Å². The van der Waals surface area contributed by atoms with E-state index in [0.717, 1.165) is 23.5 Å². The molecular weight excluding hydrogens is 572 g/mol. The zero-order chi connectivity index (χ0) is 28.1. The first-order valence-corrected chi connectivity index (χ1v) is 14.8. The Morgan fingerprint density at radius 1 is 1.08 bits per heavy atom. The van der Waals surface area contributed by atoms with Crippen molar-refractivity contribution in [3.05, 3.63) is 47.5 Å². The topological polar surface area (TPSA) is 193 Å². The third-order valence-electron chi connectivity index (χ3n) is 4.74. The van der Waals surface area contributed by atoms with Crippen LogP contribution in [0.2, 0.25) is 0 Å². The van der Waals surface area contributed by atoms with E-state index < -0.39 is 47.0 Å².